The molecule has 0 spiro atoms. The van der Waals surface area contributed by atoms with E-state index in [9.17, 15) is 4.79 Å². The molecule has 19 heavy (non-hydrogen) atoms. The first kappa shape index (κ1) is 14.1. The van der Waals surface area contributed by atoms with E-state index in [4.69, 9.17) is 4.74 Å². The van der Waals surface area contributed by atoms with Crippen molar-refractivity contribution < 1.29 is 9.53 Å². The van der Waals surface area contributed by atoms with E-state index >= 15 is 0 Å². The maximum atomic E-state index is 11.8. The number of ether oxygens (including phenoxy) is 1. The van der Waals surface area contributed by atoms with Crippen LogP contribution in [-0.2, 0) is 20.4 Å². The molecule has 2 nitrogen and oxygen atoms in total. The second-order valence-corrected chi connectivity index (χ2v) is 6.75. The van der Waals surface area contributed by atoms with Gasteiger partial charge in [0.25, 0.3) is 0 Å². The van der Waals surface area contributed by atoms with Gasteiger partial charge in [0, 0.05) is 5.41 Å². The first-order valence-corrected chi connectivity index (χ1v) is 7.06. The smallest absolute Gasteiger partial charge is 0.309 e. The third kappa shape index (κ3) is 2.68. The van der Waals surface area contributed by atoms with Gasteiger partial charge >= 0.3 is 5.97 Å². The van der Waals surface area contributed by atoms with Crippen molar-refractivity contribution >= 4 is 5.97 Å². The number of benzene rings is 1. The molecule has 0 aliphatic heterocycles. The van der Waals surface area contributed by atoms with E-state index in [2.05, 4.69) is 52.0 Å². The maximum absolute atomic E-state index is 11.8. The summed E-state index contributed by atoms with van der Waals surface area (Å²) in [6.07, 6.45) is 0.903. The highest BCUT2D eigenvalue weighted by molar-refractivity contribution is 5.79. The fourth-order valence-corrected chi connectivity index (χ4v) is 2.62. The van der Waals surface area contributed by atoms with Crippen LogP contribution in [0.3, 0.4) is 0 Å². The van der Waals surface area contributed by atoms with Gasteiger partial charge in [-0.3, -0.25) is 4.79 Å². The zero-order valence-corrected chi connectivity index (χ0v) is 12.6. The lowest BCUT2D eigenvalue weighted by atomic mass is 9.85. The molecule has 104 valence electrons. The summed E-state index contributed by atoms with van der Waals surface area (Å²) in [6.45, 7) is 11.1. The van der Waals surface area contributed by atoms with Crippen molar-refractivity contribution in [1.82, 2.24) is 0 Å². The number of rotatable bonds is 3. The number of hydrogen-bond acceptors (Lipinski definition) is 2. The number of hydrogen-bond donors (Lipinski definition) is 0. The zero-order chi connectivity index (χ0) is 14.3. The van der Waals surface area contributed by atoms with Crippen LogP contribution >= 0.6 is 0 Å². The monoisotopic (exact) mass is 260 g/mol. The van der Waals surface area contributed by atoms with Crippen LogP contribution in [0.25, 0.3) is 0 Å². The molecule has 1 aliphatic carbocycles. The minimum Gasteiger partial charge on any atom is -0.466 e. The van der Waals surface area contributed by atoms with Crippen molar-refractivity contribution in [2.45, 2.75) is 51.9 Å². The quantitative estimate of drug-likeness (QED) is 0.772. The van der Waals surface area contributed by atoms with Crippen molar-refractivity contribution in [3.8, 4) is 0 Å². The molecule has 1 fully saturated rings. The molecule has 0 bridgehead atoms. The summed E-state index contributed by atoms with van der Waals surface area (Å²) in [7, 11) is 0. The zero-order valence-electron chi connectivity index (χ0n) is 12.6. The van der Waals surface area contributed by atoms with Gasteiger partial charge in [-0.15, -0.1) is 0 Å². The van der Waals surface area contributed by atoms with Gasteiger partial charge in [-0.1, -0.05) is 52.0 Å². The third-order valence-electron chi connectivity index (χ3n) is 4.22. The van der Waals surface area contributed by atoms with Gasteiger partial charge in [0.2, 0.25) is 0 Å². The molecule has 1 aliphatic rings. The summed E-state index contributed by atoms with van der Waals surface area (Å²) < 4.78 is 5.12. The number of carbonyl (C=O) groups excluding carboxylic acids is 1. The van der Waals surface area contributed by atoms with Crippen molar-refractivity contribution in [3.05, 3.63) is 35.4 Å². The van der Waals surface area contributed by atoms with Crippen LogP contribution in [0.15, 0.2) is 24.3 Å². The first-order valence-electron chi connectivity index (χ1n) is 7.06. The van der Waals surface area contributed by atoms with E-state index < -0.39 is 0 Å². The topological polar surface area (TPSA) is 26.3 Å². The van der Waals surface area contributed by atoms with Crippen LogP contribution < -0.4 is 0 Å². The van der Waals surface area contributed by atoms with E-state index in [0.717, 1.165) is 6.42 Å². The minimum atomic E-state index is -0.0510. The highest BCUT2D eigenvalue weighted by Gasteiger charge is 2.56. The normalized spacial score (nSPS) is 26.1. The molecule has 0 N–H and O–H groups in total. The first-order chi connectivity index (χ1) is 8.79. The molecule has 2 heteroatoms. The molecule has 0 heterocycles. The van der Waals surface area contributed by atoms with Crippen LogP contribution in [0, 0.1) is 5.92 Å². The Labute approximate surface area is 116 Å². The van der Waals surface area contributed by atoms with Crippen LogP contribution in [0.5, 0.6) is 0 Å². The predicted octanol–water partition coefficient (Wildman–Crippen LogP) is 3.82. The van der Waals surface area contributed by atoms with Gasteiger partial charge in [0.1, 0.15) is 0 Å². The van der Waals surface area contributed by atoms with Gasteiger partial charge < -0.3 is 4.74 Å². The van der Waals surface area contributed by atoms with Crippen molar-refractivity contribution in [2.24, 2.45) is 5.92 Å². The molecular weight excluding hydrogens is 236 g/mol. The standard InChI is InChI=1S/C17H24O2/c1-6-19-15(18)14-11-17(14,5)13-9-7-12(8-10-13)16(2,3)4/h7-10,14H,6,11H2,1-5H3. The molecule has 0 aromatic heterocycles. The Bertz CT molecular complexity index is 467. The summed E-state index contributed by atoms with van der Waals surface area (Å²) in [5, 5.41) is 0. The molecule has 1 aromatic rings. The summed E-state index contributed by atoms with van der Waals surface area (Å²) in [5.74, 6) is -0.0159. The highest BCUT2D eigenvalue weighted by Crippen LogP contribution is 2.54. The lowest BCUT2D eigenvalue weighted by molar-refractivity contribution is -0.145. The van der Waals surface area contributed by atoms with Crippen LogP contribution in [0.4, 0.5) is 0 Å². The summed E-state index contributed by atoms with van der Waals surface area (Å²) in [5.41, 5.74) is 2.72. The number of carbonyl (C=O) groups is 1. The number of esters is 1. The Morgan fingerprint density at radius 3 is 2.37 bits per heavy atom. The lowest BCUT2D eigenvalue weighted by Gasteiger charge is -2.20. The Morgan fingerprint density at radius 1 is 1.32 bits per heavy atom. The average molecular weight is 260 g/mol. The molecule has 1 aromatic carbocycles. The van der Waals surface area contributed by atoms with Gasteiger partial charge in [-0.25, -0.2) is 0 Å². The summed E-state index contributed by atoms with van der Waals surface area (Å²) >= 11 is 0. The second-order valence-electron chi connectivity index (χ2n) is 6.75. The average Bonchev–Trinajstić information content (AvgIpc) is 3.03. The van der Waals surface area contributed by atoms with Crippen LogP contribution in [0.2, 0.25) is 0 Å². The van der Waals surface area contributed by atoms with Crippen LogP contribution in [-0.4, -0.2) is 12.6 Å². The molecule has 2 unspecified atom stereocenters. The predicted molar refractivity (Wildman–Crippen MR) is 77.2 cm³/mol. The Hall–Kier alpha value is -1.31. The Kier molecular flexibility index (Phi) is 3.46. The molecule has 0 saturated heterocycles. The Morgan fingerprint density at radius 2 is 1.89 bits per heavy atom. The minimum absolute atomic E-state index is 0.0251. The van der Waals surface area contributed by atoms with Gasteiger partial charge in [0.15, 0.2) is 0 Å². The second kappa shape index (κ2) is 4.66. The van der Waals surface area contributed by atoms with Crippen molar-refractivity contribution in [3.63, 3.8) is 0 Å². The van der Waals surface area contributed by atoms with E-state index in [1.54, 1.807) is 0 Å². The van der Waals surface area contributed by atoms with Crippen molar-refractivity contribution in [1.29, 1.82) is 0 Å². The largest absolute Gasteiger partial charge is 0.466 e. The third-order valence-corrected chi connectivity index (χ3v) is 4.22. The van der Waals surface area contributed by atoms with Gasteiger partial charge in [-0.05, 0) is 29.9 Å². The Balaban J connectivity index is 2.14. The van der Waals surface area contributed by atoms with Gasteiger partial charge in [0.05, 0.1) is 12.5 Å². The molecule has 2 rings (SSSR count). The van der Waals surface area contributed by atoms with Gasteiger partial charge in [-0.2, -0.15) is 0 Å². The lowest BCUT2D eigenvalue weighted by Crippen LogP contribution is -2.15. The highest BCUT2D eigenvalue weighted by atomic mass is 16.5. The SMILES string of the molecule is CCOC(=O)C1CC1(C)c1ccc(C(C)(C)C)cc1. The fraction of sp³-hybridized carbons (Fsp3) is 0.588. The van der Waals surface area contributed by atoms with E-state index in [-0.39, 0.29) is 22.7 Å². The van der Waals surface area contributed by atoms with E-state index in [0.29, 0.717) is 6.61 Å². The molecule has 2 atom stereocenters. The summed E-state index contributed by atoms with van der Waals surface area (Å²) in [6, 6.07) is 8.70. The van der Waals surface area contributed by atoms with Crippen LogP contribution in [0.1, 0.15) is 52.2 Å². The maximum Gasteiger partial charge on any atom is 0.309 e. The van der Waals surface area contributed by atoms with Crippen molar-refractivity contribution in [2.75, 3.05) is 6.61 Å². The molecule has 0 radical (unpaired) electrons. The van der Waals surface area contributed by atoms with E-state index in [1.165, 1.54) is 11.1 Å². The molecule has 1 saturated carbocycles. The molecule has 0 amide bonds. The summed E-state index contributed by atoms with van der Waals surface area (Å²) in [4.78, 5) is 11.8. The van der Waals surface area contributed by atoms with E-state index in [1.807, 2.05) is 6.92 Å². The fourth-order valence-electron chi connectivity index (χ4n) is 2.62. The molecular formula is C17H24O2.